The van der Waals surface area contributed by atoms with Crippen molar-refractivity contribution in [1.82, 2.24) is 30.0 Å². The summed E-state index contributed by atoms with van der Waals surface area (Å²) in [5.41, 5.74) is 0. The first-order chi connectivity index (χ1) is 24.0. The van der Waals surface area contributed by atoms with Gasteiger partial charge in [0.1, 0.15) is 23.1 Å². The standard InChI is InChI=1S/C35H59N6O9P/c1-7-10-32(46)12-9-19-37-51(50,38-21-20-36-33(47)11-8-2)41(26-17-34(48)39(22-13-28(3)42)23-14-29(4)43)27-18-35(49)40(24-15-30(5)44)25-16-31(6)45/h7-8,10-11H,9,12-27H2,1-6H3,(H,36,47)(H2,37,38,50). The van der Waals surface area contributed by atoms with E-state index in [4.69, 9.17) is 0 Å². The summed E-state index contributed by atoms with van der Waals surface area (Å²) in [5, 5.41) is 8.66. The normalized spacial score (nSPS) is 12.5. The fraction of sp³-hybridized carbons (Fsp3) is 0.657. The molecule has 0 radical (unpaired) electrons. The second-order valence-corrected chi connectivity index (χ2v) is 14.6. The van der Waals surface area contributed by atoms with Crippen molar-refractivity contribution in [2.75, 3.05) is 58.9 Å². The summed E-state index contributed by atoms with van der Waals surface area (Å²) in [6, 6.07) is 0. The Labute approximate surface area is 302 Å². The maximum atomic E-state index is 14.7. The van der Waals surface area contributed by atoms with E-state index in [0.717, 1.165) is 0 Å². The average molecular weight is 739 g/mol. The highest BCUT2D eigenvalue weighted by atomic mass is 31.2. The van der Waals surface area contributed by atoms with Gasteiger partial charge < -0.3 is 15.1 Å². The number of carbonyl (C=O) groups is 8. The molecule has 288 valence electrons. The lowest BCUT2D eigenvalue weighted by atomic mass is 10.2. The van der Waals surface area contributed by atoms with Crippen molar-refractivity contribution in [1.29, 1.82) is 0 Å². The number of amides is 3. The van der Waals surface area contributed by atoms with Gasteiger partial charge in [-0.2, -0.15) is 0 Å². The van der Waals surface area contributed by atoms with E-state index in [1.807, 2.05) is 0 Å². The van der Waals surface area contributed by atoms with Gasteiger partial charge in [0, 0.05) is 104 Å². The van der Waals surface area contributed by atoms with Gasteiger partial charge in [-0.25, -0.2) is 14.8 Å². The van der Waals surface area contributed by atoms with Gasteiger partial charge in [0.15, 0.2) is 5.78 Å². The highest BCUT2D eigenvalue weighted by Crippen LogP contribution is 2.41. The Morgan fingerprint density at radius 2 is 0.941 bits per heavy atom. The number of nitrogens with one attached hydrogen (secondary N) is 3. The Morgan fingerprint density at radius 3 is 1.33 bits per heavy atom. The number of Topliss-reactive ketones (excluding diaryl/α,β-unsaturated/α-hetero) is 4. The van der Waals surface area contributed by atoms with Crippen molar-refractivity contribution in [3.63, 3.8) is 0 Å². The van der Waals surface area contributed by atoms with Gasteiger partial charge in [0.2, 0.25) is 17.7 Å². The summed E-state index contributed by atoms with van der Waals surface area (Å²) in [6.07, 6.45) is 6.62. The summed E-state index contributed by atoms with van der Waals surface area (Å²) in [4.78, 5) is 101. The zero-order valence-electron chi connectivity index (χ0n) is 31.3. The molecule has 0 aliphatic rings. The summed E-state index contributed by atoms with van der Waals surface area (Å²) >= 11 is 0. The van der Waals surface area contributed by atoms with E-state index in [9.17, 15) is 42.9 Å². The number of hydrogen-bond donors (Lipinski definition) is 3. The molecule has 15 nitrogen and oxygen atoms in total. The van der Waals surface area contributed by atoms with Crippen molar-refractivity contribution in [3.05, 3.63) is 24.3 Å². The van der Waals surface area contributed by atoms with Gasteiger partial charge >= 0.3 is 0 Å². The Balaban J connectivity index is 6.39. The van der Waals surface area contributed by atoms with Crippen LogP contribution in [0.1, 0.15) is 92.9 Å². The molecule has 0 aliphatic carbocycles. The predicted octanol–water partition coefficient (Wildman–Crippen LogP) is 2.55. The molecule has 1 atom stereocenters. The molecule has 0 fully saturated rings. The Kier molecular flexibility index (Phi) is 25.1. The van der Waals surface area contributed by atoms with E-state index >= 15 is 0 Å². The van der Waals surface area contributed by atoms with E-state index in [1.54, 1.807) is 26.0 Å². The van der Waals surface area contributed by atoms with E-state index < -0.39 is 7.59 Å². The van der Waals surface area contributed by atoms with Crippen molar-refractivity contribution < 1.29 is 42.9 Å². The Hall–Kier alpha value is -3.65. The molecule has 0 aromatic carbocycles. The zero-order valence-corrected chi connectivity index (χ0v) is 32.2. The van der Waals surface area contributed by atoms with Gasteiger partial charge in [-0.15, -0.1) is 0 Å². The highest BCUT2D eigenvalue weighted by molar-refractivity contribution is 7.57. The second kappa shape index (κ2) is 27.1. The molecular weight excluding hydrogens is 679 g/mol. The Bertz CT molecular complexity index is 1170. The average Bonchev–Trinajstić information content (AvgIpc) is 3.04. The van der Waals surface area contributed by atoms with Crippen LogP contribution >= 0.6 is 7.59 Å². The van der Waals surface area contributed by atoms with Crippen LogP contribution in [0.15, 0.2) is 24.3 Å². The molecule has 3 N–H and O–H groups in total. The highest BCUT2D eigenvalue weighted by Gasteiger charge is 2.32. The molecule has 0 spiro atoms. The lowest BCUT2D eigenvalue weighted by Crippen LogP contribution is -2.43. The first-order valence-corrected chi connectivity index (χ1v) is 19.2. The van der Waals surface area contributed by atoms with Gasteiger partial charge in [-0.05, 0) is 60.1 Å². The first-order valence-electron chi connectivity index (χ1n) is 17.5. The van der Waals surface area contributed by atoms with Crippen LogP contribution < -0.4 is 15.5 Å². The molecule has 16 heteroatoms. The minimum atomic E-state index is -3.80. The molecule has 51 heavy (non-hydrogen) atoms. The molecule has 1 unspecified atom stereocenters. The van der Waals surface area contributed by atoms with E-state index in [2.05, 4.69) is 15.5 Å². The van der Waals surface area contributed by atoms with Crippen LogP contribution in [0.5, 0.6) is 0 Å². The molecule has 0 aliphatic heterocycles. The van der Waals surface area contributed by atoms with E-state index in [-0.39, 0.29) is 150 Å². The maximum absolute atomic E-state index is 14.7. The van der Waals surface area contributed by atoms with Crippen LogP contribution in [0, 0.1) is 0 Å². The van der Waals surface area contributed by atoms with Gasteiger partial charge in [0.25, 0.3) is 7.59 Å². The molecular formula is C35H59N6O9P. The molecule has 3 amide bonds. The minimum absolute atomic E-state index is 0.0518. The monoisotopic (exact) mass is 738 g/mol. The lowest BCUT2D eigenvalue weighted by molar-refractivity contribution is -0.133. The third-order valence-corrected chi connectivity index (χ3v) is 10.1. The molecule has 0 aromatic heterocycles. The number of carbonyl (C=O) groups excluding carboxylic acids is 8. The number of hydrogen-bond acceptors (Lipinski definition) is 9. The van der Waals surface area contributed by atoms with Crippen molar-refractivity contribution in [2.45, 2.75) is 92.9 Å². The topological polar surface area (TPSA) is 199 Å². The van der Waals surface area contributed by atoms with Crippen LogP contribution in [-0.4, -0.2) is 120 Å². The summed E-state index contributed by atoms with van der Waals surface area (Å²) in [6.45, 7) is 9.61. The first kappa shape index (κ1) is 47.4. The minimum Gasteiger partial charge on any atom is -0.351 e. The predicted molar refractivity (Wildman–Crippen MR) is 196 cm³/mol. The fourth-order valence-corrected chi connectivity index (χ4v) is 6.82. The SMILES string of the molecule is CC=CC(=O)CCCNP(=O)(NCCNC(=O)C=CC)N(CCC(=O)N(CCC(C)=O)CCC(C)=O)CCC(=O)N(CCC(C)=O)CCC(C)=O. The van der Waals surface area contributed by atoms with Crippen molar-refractivity contribution in [2.24, 2.45) is 0 Å². The quantitative estimate of drug-likeness (QED) is 0.0554. The van der Waals surface area contributed by atoms with Gasteiger partial charge in [0.05, 0.1) is 0 Å². The smallest absolute Gasteiger partial charge is 0.281 e. The molecule has 0 heterocycles. The number of nitrogens with zero attached hydrogens (tertiary/aromatic N) is 3. The lowest BCUT2D eigenvalue weighted by Gasteiger charge is -2.34. The van der Waals surface area contributed by atoms with Crippen LogP contribution in [0.25, 0.3) is 0 Å². The Morgan fingerprint density at radius 1 is 0.529 bits per heavy atom. The second-order valence-electron chi connectivity index (χ2n) is 12.3. The third-order valence-electron chi connectivity index (χ3n) is 7.55. The van der Waals surface area contributed by atoms with Crippen LogP contribution in [0.2, 0.25) is 0 Å². The van der Waals surface area contributed by atoms with Crippen molar-refractivity contribution >= 4 is 54.2 Å². The van der Waals surface area contributed by atoms with E-state index in [0.29, 0.717) is 6.42 Å². The summed E-state index contributed by atoms with van der Waals surface area (Å²) < 4.78 is 16.2. The summed E-state index contributed by atoms with van der Waals surface area (Å²) in [7, 11) is -3.80. The van der Waals surface area contributed by atoms with E-state index in [1.165, 1.54) is 54.3 Å². The zero-order chi connectivity index (χ0) is 38.8. The van der Waals surface area contributed by atoms with Crippen LogP contribution in [0.3, 0.4) is 0 Å². The molecule has 0 aromatic rings. The molecule has 0 bridgehead atoms. The largest absolute Gasteiger partial charge is 0.351 e. The van der Waals surface area contributed by atoms with Gasteiger partial charge in [-0.3, -0.25) is 42.9 Å². The maximum Gasteiger partial charge on any atom is 0.281 e. The van der Waals surface area contributed by atoms with Gasteiger partial charge in [-0.1, -0.05) is 12.2 Å². The third kappa shape index (κ3) is 23.5. The van der Waals surface area contributed by atoms with Crippen LogP contribution in [0.4, 0.5) is 0 Å². The number of ketones is 5. The van der Waals surface area contributed by atoms with Crippen LogP contribution in [-0.2, 0) is 42.9 Å². The summed E-state index contributed by atoms with van der Waals surface area (Å²) in [5.74, 6) is -1.69. The number of allylic oxidation sites excluding steroid dienone is 3. The van der Waals surface area contributed by atoms with Crippen molar-refractivity contribution in [3.8, 4) is 0 Å². The fourth-order valence-electron chi connectivity index (χ4n) is 4.67. The molecule has 0 rings (SSSR count). The number of rotatable bonds is 30. The molecule has 0 saturated carbocycles. The molecule has 0 saturated heterocycles.